The highest BCUT2D eigenvalue weighted by molar-refractivity contribution is 5.91. The van der Waals surface area contributed by atoms with Crippen molar-refractivity contribution >= 4 is 28.4 Å². The summed E-state index contributed by atoms with van der Waals surface area (Å²) in [6.45, 7) is 6.24. The Balaban J connectivity index is 1.93. The second-order valence-corrected chi connectivity index (χ2v) is 5.72. The number of rotatable bonds is 5. The second-order valence-electron chi connectivity index (χ2n) is 5.72. The Hall–Kier alpha value is -2.81. The van der Waals surface area contributed by atoms with Gasteiger partial charge in [-0.1, -0.05) is 30.3 Å². The van der Waals surface area contributed by atoms with Crippen molar-refractivity contribution in [3.63, 3.8) is 0 Å². The van der Waals surface area contributed by atoms with Crippen molar-refractivity contribution < 1.29 is 4.74 Å². The van der Waals surface area contributed by atoms with E-state index in [0.717, 1.165) is 34.2 Å². The van der Waals surface area contributed by atoms with Crippen LogP contribution >= 0.6 is 0 Å². The molecule has 0 aliphatic carbocycles. The summed E-state index contributed by atoms with van der Waals surface area (Å²) in [5.74, 6) is 0. The fraction of sp³-hybridized carbons (Fsp3) is 0.190. The summed E-state index contributed by atoms with van der Waals surface area (Å²) in [5.41, 5.74) is 2.74. The van der Waals surface area contributed by atoms with E-state index in [1.165, 1.54) is 5.69 Å². The number of hydrogen-bond acceptors (Lipinski definition) is 2. The van der Waals surface area contributed by atoms with Crippen LogP contribution in [0.3, 0.4) is 0 Å². The largest absolute Gasteiger partial charge is 0.618 e. The predicted octanol–water partition coefficient (Wildman–Crippen LogP) is 4.95. The Kier molecular flexibility index (Phi) is 4.80. The molecule has 3 aromatic carbocycles. The quantitative estimate of drug-likeness (QED) is 0.288. The molecule has 0 spiro atoms. The van der Waals surface area contributed by atoms with Crippen LogP contribution in [0.4, 0.5) is 11.4 Å². The summed E-state index contributed by atoms with van der Waals surface area (Å²) in [6.07, 6.45) is 1.63. The lowest BCUT2D eigenvalue weighted by Gasteiger charge is -2.20. The van der Waals surface area contributed by atoms with Gasteiger partial charge in [0, 0.05) is 30.4 Å². The van der Waals surface area contributed by atoms with Crippen molar-refractivity contribution in [3.8, 4) is 0 Å². The minimum atomic E-state index is 0.668. The summed E-state index contributed by atoms with van der Waals surface area (Å²) in [4.78, 5) is 2.28. The van der Waals surface area contributed by atoms with Gasteiger partial charge in [0.2, 0.25) is 5.69 Å². The van der Waals surface area contributed by atoms with E-state index < -0.39 is 0 Å². The fourth-order valence-corrected chi connectivity index (χ4v) is 2.97. The summed E-state index contributed by atoms with van der Waals surface area (Å²) in [6, 6.07) is 21.8. The molecule has 0 atom stereocenters. The number of anilines is 1. The summed E-state index contributed by atoms with van der Waals surface area (Å²) in [7, 11) is 0. The first-order chi connectivity index (χ1) is 11.7. The van der Waals surface area contributed by atoms with Crippen molar-refractivity contribution in [2.45, 2.75) is 13.8 Å². The minimum Gasteiger partial charge on any atom is -0.618 e. The van der Waals surface area contributed by atoms with Crippen LogP contribution in [-0.4, -0.2) is 24.0 Å². The number of fused-ring (bicyclic) bond motifs is 1. The summed E-state index contributed by atoms with van der Waals surface area (Å²) < 4.78 is 0.953. The Morgan fingerprint density at radius 3 is 2.25 bits per heavy atom. The van der Waals surface area contributed by atoms with Crippen LogP contribution in [0.1, 0.15) is 19.4 Å². The average Bonchev–Trinajstić information content (AvgIpc) is 2.63. The van der Waals surface area contributed by atoms with Gasteiger partial charge in [-0.2, -0.15) is 4.74 Å². The molecule has 122 valence electrons. The lowest BCUT2D eigenvalue weighted by atomic mass is 10.1. The van der Waals surface area contributed by atoms with Crippen LogP contribution in [-0.2, 0) is 0 Å². The van der Waals surface area contributed by atoms with Crippen LogP contribution in [0, 0.1) is 5.21 Å². The lowest BCUT2D eigenvalue weighted by molar-refractivity contribution is -0.352. The van der Waals surface area contributed by atoms with E-state index in [9.17, 15) is 5.21 Å². The van der Waals surface area contributed by atoms with E-state index in [0.29, 0.717) is 5.69 Å². The van der Waals surface area contributed by atoms with E-state index in [1.807, 2.05) is 54.6 Å². The highest BCUT2D eigenvalue weighted by Gasteiger charge is 2.08. The Labute approximate surface area is 143 Å². The minimum absolute atomic E-state index is 0.668. The van der Waals surface area contributed by atoms with E-state index in [-0.39, 0.29) is 0 Å². The first-order valence-electron chi connectivity index (χ1n) is 8.37. The molecule has 3 rings (SSSR count). The molecule has 0 amide bonds. The maximum atomic E-state index is 12.6. The Morgan fingerprint density at radius 1 is 0.875 bits per heavy atom. The zero-order valence-electron chi connectivity index (χ0n) is 14.1. The third kappa shape index (κ3) is 3.25. The van der Waals surface area contributed by atoms with Crippen LogP contribution in [0.15, 0.2) is 66.7 Å². The van der Waals surface area contributed by atoms with E-state index >= 15 is 0 Å². The van der Waals surface area contributed by atoms with Gasteiger partial charge in [-0.15, -0.1) is 0 Å². The molecule has 0 aromatic heterocycles. The van der Waals surface area contributed by atoms with Crippen LogP contribution < -0.4 is 4.90 Å². The zero-order chi connectivity index (χ0) is 16.9. The Morgan fingerprint density at radius 2 is 1.54 bits per heavy atom. The number of benzene rings is 3. The van der Waals surface area contributed by atoms with Gasteiger partial charge in [-0.3, -0.25) is 0 Å². The van der Waals surface area contributed by atoms with E-state index in [4.69, 9.17) is 0 Å². The van der Waals surface area contributed by atoms with Gasteiger partial charge >= 0.3 is 0 Å². The normalized spacial score (nSPS) is 11.7. The van der Waals surface area contributed by atoms with Crippen molar-refractivity contribution in [1.29, 1.82) is 0 Å². The second kappa shape index (κ2) is 7.18. The van der Waals surface area contributed by atoms with Crippen molar-refractivity contribution in [2.75, 3.05) is 18.0 Å². The monoisotopic (exact) mass is 318 g/mol. The molecule has 0 saturated heterocycles. The molecule has 0 aliphatic heterocycles. The third-order valence-corrected chi connectivity index (χ3v) is 4.29. The van der Waals surface area contributed by atoms with Crippen LogP contribution in [0.5, 0.6) is 0 Å². The molecule has 0 saturated carbocycles. The van der Waals surface area contributed by atoms with Gasteiger partial charge in [-0.25, -0.2) is 0 Å². The summed E-state index contributed by atoms with van der Waals surface area (Å²) in [5, 5.41) is 14.6. The standard InChI is InChI=1S/C21H22N2O/c1-3-22(4-2)19-14-12-17(13-15-19)16-23(24)21-11-7-9-18-8-5-6-10-20(18)21/h5-16H,3-4H2,1-2H3. The molecule has 3 heteroatoms. The van der Waals surface area contributed by atoms with Crippen LogP contribution in [0.2, 0.25) is 0 Å². The molecule has 0 unspecified atom stereocenters. The van der Waals surface area contributed by atoms with E-state index in [1.54, 1.807) is 6.21 Å². The van der Waals surface area contributed by atoms with Crippen molar-refractivity contribution in [3.05, 3.63) is 77.5 Å². The highest BCUT2D eigenvalue weighted by atomic mass is 16.5. The average molecular weight is 318 g/mol. The van der Waals surface area contributed by atoms with E-state index in [2.05, 4.69) is 30.9 Å². The predicted molar refractivity (Wildman–Crippen MR) is 102 cm³/mol. The topological polar surface area (TPSA) is 29.3 Å². The highest BCUT2D eigenvalue weighted by Crippen LogP contribution is 2.25. The molecule has 0 aliphatic rings. The molecule has 0 fully saturated rings. The molecule has 0 bridgehead atoms. The number of nitrogens with zero attached hydrogens (tertiary/aromatic N) is 2. The maximum Gasteiger partial charge on any atom is 0.224 e. The molecule has 0 heterocycles. The van der Waals surface area contributed by atoms with Gasteiger partial charge in [0.1, 0.15) is 0 Å². The first kappa shape index (κ1) is 16.1. The van der Waals surface area contributed by atoms with Gasteiger partial charge in [0.15, 0.2) is 6.21 Å². The third-order valence-electron chi connectivity index (χ3n) is 4.29. The van der Waals surface area contributed by atoms with Gasteiger partial charge < -0.3 is 10.1 Å². The first-order valence-corrected chi connectivity index (χ1v) is 8.37. The fourth-order valence-electron chi connectivity index (χ4n) is 2.97. The molecule has 0 N–H and O–H groups in total. The van der Waals surface area contributed by atoms with Gasteiger partial charge in [-0.05, 0) is 49.6 Å². The SMILES string of the molecule is CCN(CC)c1ccc(C=[N+]([O-])c2cccc3ccccc23)cc1. The lowest BCUT2D eigenvalue weighted by Crippen LogP contribution is -2.21. The molecule has 24 heavy (non-hydrogen) atoms. The zero-order valence-corrected chi connectivity index (χ0v) is 14.1. The molecular weight excluding hydrogens is 296 g/mol. The maximum absolute atomic E-state index is 12.6. The van der Waals surface area contributed by atoms with Gasteiger partial charge in [0.25, 0.3) is 0 Å². The molecule has 3 aromatic rings. The van der Waals surface area contributed by atoms with Crippen molar-refractivity contribution in [1.82, 2.24) is 0 Å². The van der Waals surface area contributed by atoms with Gasteiger partial charge in [0.05, 0.1) is 5.39 Å². The van der Waals surface area contributed by atoms with Crippen LogP contribution in [0.25, 0.3) is 10.8 Å². The molecular formula is C21H22N2O. The molecule has 0 radical (unpaired) electrons. The number of hydrogen-bond donors (Lipinski definition) is 0. The molecule has 3 nitrogen and oxygen atoms in total. The Bertz CT molecular complexity index is 844. The van der Waals surface area contributed by atoms with Crippen molar-refractivity contribution in [2.24, 2.45) is 0 Å². The summed E-state index contributed by atoms with van der Waals surface area (Å²) >= 11 is 0. The smallest absolute Gasteiger partial charge is 0.224 e.